The Morgan fingerprint density at radius 3 is 2.52 bits per heavy atom. The molecule has 6 heteroatoms. The number of benzene rings is 1. The van der Waals surface area contributed by atoms with Crippen molar-refractivity contribution >= 4 is 0 Å². The molecule has 0 amide bonds. The number of rotatable bonds is 9. The highest BCUT2D eigenvalue weighted by Gasteiger charge is 2.11. The molecule has 1 unspecified atom stereocenters. The molecule has 1 aromatic carbocycles. The van der Waals surface area contributed by atoms with E-state index in [1.165, 1.54) is 6.07 Å². The van der Waals surface area contributed by atoms with Crippen molar-refractivity contribution in [3.8, 4) is 11.5 Å². The van der Waals surface area contributed by atoms with E-state index in [-0.39, 0.29) is 5.75 Å². The second-order valence-electron chi connectivity index (χ2n) is 5.04. The average molecular weight is 302 g/mol. The van der Waals surface area contributed by atoms with Gasteiger partial charge in [0, 0.05) is 19.1 Å². The first-order chi connectivity index (χ1) is 9.93. The van der Waals surface area contributed by atoms with Crippen LogP contribution in [0.25, 0.3) is 0 Å². The molecule has 0 spiro atoms. The van der Waals surface area contributed by atoms with Crippen molar-refractivity contribution in [2.75, 3.05) is 27.2 Å². The number of ether oxygens (including phenoxy) is 2. The monoisotopic (exact) mass is 302 g/mol. The van der Waals surface area contributed by atoms with Crippen LogP contribution in [-0.4, -0.2) is 44.8 Å². The van der Waals surface area contributed by atoms with E-state index < -0.39 is 6.61 Å². The van der Waals surface area contributed by atoms with Crippen LogP contribution in [-0.2, 0) is 6.54 Å². The van der Waals surface area contributed by atoms with Crippen LogP contribution in [0.5, 0.6) is 11.5 Å². The molecule has 0 radical (unpaired) electrons. The zero-order valence-electron chi connectivity index (χ0n) is 13.0. The van der Waals surface area contributed by atoms with E-state index >= 15 is 0 Å². The summed E-state index contributed by atoms with van der Waals surface area (Å²) in [5.74, 6) is 0.412. The predicted molar refractivity (Wildman–Crippen MR) is 79.1 cm³/mol. The fourth-order valence-electron chi connectivity index (χ4n) is 1.73. The molecule has 1 rings (SSSR count). The minimum Gasteiger partial charge on any atom is -0.490 e. The van der Waals surface area contributed by atoms with Crippen LogP contribution in [0, 0.1) is 0 Å². The maximum atomic E-state index is 12.3. The summed E-state index contributed by atoms with van der Waals surface area (Å²) < 4.78 is 34.4. The summed E-state index contributed by atoms with van der Waals surface area (Å²) in [6.45, 7) is 2.95. The Bertz CT molecular complexity index is 428. The van der Waals surface area contributed by atoms with Gasteiger partial charge in [-0.05, 0) is 45.6 Å². The van der Waals surface area contributed by atoms with Crippen molar-refractivity contribution in [3.05, 3.63) is 23.8 Å². The standard InChI is InChI=1S/C15H24F2N2O2/c1-5-20-14-8-12(6-7-13(14)21-15(16)17)10-18-9-11(2)19(3)4/h6-8,11,15,18H,5,9-10H2,1-4H3. The van der Waals surface area contributed by atoms with Gasteiger partial charge in [0.25, 0.3) is 0 Å². The maximum Gasteiger partial charge on any atom is 0.387 e. The predicted octanol–water partition coefficient (Wildman–Crippen LogP) is 2.73. The minimum absolute atomic E-state index is 0.0669. The molecule has 1 N–H and O–H groups in total. The highest BCUT2D eigenvalue weighted by atomic mass is 19.3. The zero-order chi connectivity index (χ0) is 15.8. The molecule has 0 aliphatic rings. The van der Waals surface area contributed by atoms with Gasteiger partial charge in [-0.2, -0.15) is 8.78 Å². The Labute approximate surface area is 125 Å². The number of hydrogen-bond donors (Lipinski definition) is 1. The maximum absolute atomic E-state index is 12.3. The molecule has 0 heterocycles. The minimum atomic E-state index is -2.85. The third-order valence-electron chi connectivity index (χ3n) is 3.17. The molecule has 0 saturated heterocycles. The number of nitrogens with zero attached hydrogens (tertiary/aromatic N) is 1. The Balaban J connectivity index is 2.65. The Morgan fingerprint density at radius 1 is 1.24 bits per heavy atom. The lowest BCUT2D eigenvalue weighted by atomic mass is 10.2. The highest BCUT2D eigenvalue weighted by Crippen LogP contribution is 2.29. The largest absolute Gasteiger partial charge is 0.490 e. The van der Waals surface area contributed by atoms with Gasteiger partial charge in [-0.15, -0.1) is 0 Å². The summed E-state index contributed by atoms with van der Waals surface area (Å²) >= 11 is 0. The molecule has 1 aromatic rings. The molecule has 0 aliphatic heterocycles. The molecule has 1 atom stereocenters. The van der Waals surface area contributed by atoms with Gasteiger partial charge in [0.2, 0.25) is 0 Å². The normalized spacial score (nSPS) is 12.8. The van der Waals surface area contributed by atoms with E-state index in [9.17, 15) is 8.78 Å². The van der Waals surface area contributed by atoms with E-state index in [0.717, 1.165) is 12.1 Å². The summed E-state index contributed by atoms with van der Waals surface area (Å²) in [5.41, 5.74) is 0.964. The third-order valence-corrected chi connectivity index (χ3v) is 3.17. The molecule has 0 aliphatic carbocycles. The van der Waals surface area contributed by atoms with E-state index in [2.05, 4.69) is 21.9 Å². The van der Waals surface area contributed by atoms with Crippen LogP contribution < -0.4 is 14.8 Å². The van der Waals surface area contributed by atoms with E-state index in [1.54, 1.807) is 19.1 Å². The molecule has 0 aromatic heterocycles. The topological polar surface area (TPSA) is 33.7 Å². The van der Waals surface area contributed by atoms with Crippen molar-refractivity contribution < 1.29 is 18.3 Å². The van der Waals surface area contributed by atoms with Gasteiger partial charge < -0.3 is 19.7 Å². The van der Waals surface area contributed by atoms with Crippen molar-refractivity contribution in [3.63, 3.8) is 0 Å². The van der Waals surface area contributed by atoms with Crippen LogP contribution in [0.1, 0.15) is 19.4 Å². The van der Waals surface area contributed by atoms with Crippen molar-refractivity contribution in [1.82, 2.24) is 10.2 Å². The van der Waals surface area contributed by atoms with E-state index in [1.807, 2.05) is 14.1 Å². The van der Waals surface area contributed by atoms with Crippen LogP contribution in [0.15, 0.2) is 18.2 Å². The fourth-order valence-corrected chi connectivity index (χ4v) is 1.73. The lowest BCUT2D eigenvalue weighted by Crippen LogP contribution is -2.35. The van der Waals surface area contributed by atoms with Gasteiger partial charge in [-0.3, -0.25) is 0 Å². The molecular weight excluding hydrogens is 278 g/mol. The summed E-state index contributed by atoms with van der Waals surface area (Å²) in [6.07, 6.45) is 0. The first-order valence-corrected chi connectivity index (χ1v) is 7.01. The second kappa shape index (κ2) is 8.79. The Morgan fingerprint density at radius 2 is 1.95 bits per heavy atom. The summed E-state index contributed by atoms with van der Waals surface area (Å²) in [4.78, 5) is 2.12. The highest BCUT2D eigenvalue weighted by molar-refractivity contribution is 5.43. The molecule has 0 saturated carbocycles. The first-order valence-electron chi connectivity index (χ1n) is 7.01. The molecular formula is C15H24F2N2O2. The number of nitrogens with one attached hydrogen (secondary N) is 1. The second-order valence-corrected chi connectivity index (χ2v) is 5.04. The van der Waals surface area contributed by atoms with Gasteiger partial charge in [0.1, 0.15) is 0 Å². The van der Waals surface area contributed by atoms with Crippen molar-refractivity contribution in [2.24, 2.45) is 0 Å². The summed E-state index contributed by atoms with van der Waals surface area (Å²) in [7, 11) is 4.05. The molecule has 21 heavy (non-hydrogen) atoms. The third kappa shape index (κ3) is 6.27. The molecule has 0 bridgehead atoms. The number of hydrogen-bond acceptors (Lipinski definition) is 4. The average Bonchev–Trinajstić information content (AvgIpc) is 2.41. The van der Waals surface area contributed by atoms with Crippen LogP contribution in [0.3, 0.4) is 0 Å². The molecule has 120 valence electrons. The zero-order valence-corrected chi connectivity index (χ0v) is 13.0. The SMILES string of the molecule is CCOc1cc(CNCC(C)N(C)C)ccc1OC(F)F. The fraction of sp³-hybridized carbons (Fsp3) is 0.600. The lowest BCUT2D eigenvalue weighted by molar-refractivity contribution is -0.0514. The van der Waals surface area contributed by atoms with Gasteiger partial charge >= 0.3 is 6.61 Å². The van der Waals surface area contributed by atoms with Gasteiger partial charge in [0.05, 0.1) is 6.61 Å². The van der Waals surface area contributed by atoms with E-state index in [4.69, 9.17) is 4.74 Å². The van der Waals surface area contributed by atoms with Gasteiger partial charge in [-0.25, -0.2) is 0 Å². The summed E-state index contributed by atoms with van der Waals surface area (Å²) in [5, 5.41) is 3.33. The van der Waals surface area contributed by atoms with Crippen LogP contribution >= 0.6 is 0 Å². The van der Waals surface area contributed by atoms with E-state index in [0.29, 0.717) is 24.9 Å². The van der Waals surface area contributed by atoms with Crippen molar-refractivity contribution in [2.45, 2.75) is 33.0 Å². The van der Waals surface area contributed by atoms with Gasteiger partial charge in [-0.1, -0.05) is 6.07 Å². The van der Waals surface area contributed by atoms with Gasteiger partial charge in [0.15, 0.2) is 11.5 Å². The first kappa shape index (κ1) is 17.7. The number of likely N-dealkylation sites (N-methyl/N-ethyl adjacent to an activating group) is 1. The lowest BCUT2D eigenvalue weighted by Gasteiger charge is -2.20. The van der Waals surface area contributed by atoms with Crippen LogP contribution in [0.4, 0.5) is 8.78 Å². The number of alkyl halides is 2. The molecule has 4 nitrogen and oxygen atoms in total. The van der Waals surface area contributed by atoms with Crippen LogP contribution in [0.2, 0.25) is 0 Å². The van der Waals surface area contributed by atoms with Crippen molar-refractivity contribution in [1.29, 1.82) is 0 Å². The Hall–Kier alpha value is -1.40. The summed E-state index contributed by atoms with van der Waals surface area (Å²) in [6, 6.07) is 5.42. The molecule has 0 fully saturated rings. The quantitative estimate of drug-likeness (QED) is 0.760. The number of halogens is 2. The Kier molecular flexibility index (Phi) is 7.39. The smallest absolute Gasteiger partial charge is 0.387 e.